The van der Waals surface area contributed by atoms with Crippen LogP contribution in [0.25, 0.3) is 127 Å². The summed E-state index contributed by atoms with van der Waals surface area (Å²) in [5.74, 6) is 1.68. The van der Waals surface area contributed by atoms with Crippen molar-refractivity contribution in [2.45, 2.75) is 0 Å². The molecule has 6 heteroatoms. The number of fused-ring (bicyclic) bond motifs is 12. The number of furan rings is 2. The Labute approximate surface area is 336 Å². The van der Waals surface area contributed by atoms with Gasteiger partial charge in [0.2, 0.25) is 0 Å². The summed E-state index contributed by atoms with van der Waals surface area (Å²) in [6, 6.07) is 63.3. The quantitative estimate of drug-likeness (QED) is 0.179. The molecule has 0 saturated heterocycles. The first-order valence-electron chi connectivity index (χ1n) is 19.8. The van der Waals surface area contributed by atoms with E-state index in [4.69, 9.17) is 23.8 Å². The van der Waals surface area contributed by atoms with Crippen molar-refractivity contribution in [2.24, 2.45) is 0 Å². The maximum Gasteiger partial charge on any atom is 0.167 e. The summed E-state index contributed by atoms with van der Waals surface area (Å²) in [5.41, 5.74) is 9.00. The first kappa shape index (κ1) is 32.0. The first-order chi connectivity index (χ1) is 29.2. The lowest BCUT2D eigenvalue weighted by molar-refractivity contribution is 0.668. The second-order valence-corrected chi connectivity index (χ2v) is 15.1. The van der Waals surface area contributed by atoms with E-state index in [9.17, 15) is 0 Å². The van der Waals surface area contributed by atoms with E-state index in [1.807, 2.05) is 72.8 Å². The van der Waals surface area contributed by atoms with E-state index in [0.29, 0.717) is 17.5 Å². The Kier molecular flexibility index (Phi) is 6.63. The van der Waals surface area contributed by atoms with Gasteiger partial charge in [0.1, 0.15) is 22.3 Å². The van der Waals surface area contributed by atoms with Crippen molar-refractivity contribution in [3.63, 3.8) is 0 Å². The standard InChI is InChI=1S/C53H30N4O2/c1-2-13-32(14-3-1)51-54-52(56-53(55-51)41-21-10-19-38-37-18-8-9-22-45(37)59-50(38)41)40-20-11-23-46-49(40)39-26-25-35(30-47(39)58-46)57-43-27-24-31-12-6-7-17-36(31)48(43)42-28-33-15-4-5-16-34(33)29-44(42)57/h1-30H. The second kappa shape index (κ2) is 12.2. The van der Waals surface area contributed by atoms with Crippen molar-refractivity contribution >= 4 is 87.2 Å². The van der Waals surface area contributed by atoms with Gasteiger partial charge in [-0.25, -0.2) is 15.0 Å². The van der Waals surface area contributed by atoms with Gasteiger partial charge in [0, 0.05) is 55.2 Å². The molecule has 0 fully saturated rings. The highest BCUT2D eigenvalue weighted by Crippen LogP contribution is 2.42. The molecule has 4 aromatic heterocycles. The average molecular weight is 755 g/mol. The van der Waals surface area contributed by atoms with Crippen LogP contribution in [0.2, 0.25) is 0 Å². The summed E-state index contributed by atoms with van der Waals surface area (Å²) in [6.07, 6.45) is 0. The Morgan fingerprint density at radius 1 is 0.356 bits per heavy atom. The predicted molar refractivity (Wildman–Crippen MR) is 240 cm³/mol. The molecule has 0 atom stereocenters. The molecule has 0 spiro atoms. The van der Waals surface area contributed by atoms with Gasteiger partial charge in [-0.2, -0.15) is 0 Å². The predicted octanol–water partition coefficient (Wildman–Crippen LogP) is 14.1. The van der Waals surface area contributed by atoms with Crippen molar-refractivity contribution in [3.05, 3.63) is 182 Å². The molecule has 13 aromatic rings. The number of hydrogen-bond acceptors (Lipinski definition) is 5. The highest BCUT2D eigenvalue weighted by atomic mass is 16.3. The maximum absolute atomic E-state index is 6.74. The number of hydrogen-bond donors (Lipinski definition) is 0. The minimum absolute atomic E-state index is 0.539. The van der Waals surface area contributed by atoms with Crippen LogP contribution in [-0.2, 0) is 0 Å². The second-order valence-electron chi connectivity index (χ2n) is 15.1. The smallest absolute Gasteiger partial charge is 0.167 e. The molecule has 0 saturated carbocycles. The molecule has 0 aliphatic heterocycles. The van der Waals surface area contributed by atoms with Crippen molar-refractivity contribution in [2.75, 3.05) is 0 Å². The van der Waals surface area contributed by atoms with Crippen LogP contribution in [0.5, 0.6) is 0 Å². The van der Waals surface area contributed by atoms with Crippen LogP contribution in [0.1, 0.15) is 0 Å². The summed E-state index contributed by atoms with van der Waals surface area (Å²) >= 11 is 0. The van der Waals surface area contributed by atoms with Crippen molar-refractivity contribution in [3.8, 4) is 39.9 Å². The fourth-order valence-corrected chi connectivity index (χ4v) is 9.15. The monoisotopic (exact) mass is 754 g/mol. The van der Waals surface area contributed by atoms with Crippen LogP contribution >= 0.6 is 0 Å². The number of benzene rings is 9. The minimum Gasteiger partial charge on any atom is -0.456 e. The van der Waals surface area contributed by atoms with Gasteiger partial charge >= 0.3 is 0 Å². The molecule has 0 aliphatic rings. The van der Waals surface area contributed by atoms with Crippen LogP contribution < -0.4 is 0 Å². The van der Waals surface area contributed by atoms with E-state index in [-0.39, 0.29) is 0 Å². The van der Waals surface area contributed by atoms with Crippen LogP contribution in [0.4, 0.5) is 0 Å². The molecule has 9 aromatic carbocycles. The highest BCUT2D eigenvalue weighted by Gasteiger charge is 2.22. The molecule has 0 bridgehead atoms. The highest BCUT2D eigenvalue weighted by molar-refractivity contribution is 6.23. The zero-order valence-electron chi connectivity index (χ0n) is 31.4. The van der Waals surface area contributed by atoms with Crippen LogP contribution in [0.15, 0.2) is 191 Å². The van der Waals surface area contributed by atoms with E-state index in [2.05, 4.69) is 114 Å². The van der Waals surface area contributed by atoms with E-state index in [0.717, 1.165) is 77.3 Å². The summed E-state index contributed by atoms with van der Waals surface area (Å²) in [4.78, 5) is 15.4. The fourth-order valence-electron chi connectivity index (χ4n) is 9.15. The molecule has 0 radical (unpaired) electrons. The van der Waals surface area contributed by atoms with Crippen molar-refractivity contribution < 1.29 is 8.83 Å². The number of nitrogens with zero attached hydrogens (tertiary/aromatic N) is 4. The average Bonchev–Trinajstić information content (AvgIpc) is 3.97. The SMILES string of the molecule is c1ccc(-c2nc(-c3cccc4c3oc3ccccc34)nc(-c3cccc4oc5cc(-n6c7cc8ccccc8cc7c7c8ccccc8ccc76)ccc5c34)n2)cc1. The molecule has 0 amide bonds. The van der Waals surface area contributed by atoms with Crippen LogP contribution in [0, 0.1) is 0 Å². The summed E-state index contributed by atoms with van der Waals surface area (Å²) in [5, 5.41) is 11.4. The number of rotatable bonds is 4. The summed E-state index contributed by atoms with van der Waals surface area (Å²) in [6.45, 7) is 0. The molecular formula is C53H30N4O2. The lowest BCUT2D eigenvalue weighted by atomic mass is 10.0. The third kappa shape index (κ3) is 4.77. The molecule has 0 aliphatic carbocycles. The van der Waals surface area contributed by atoms with Gasteiger partial charge in [-0.05, 0) is 70.1 Å². The third-order valence-corrected chi connectivity index (χ3v) is 11.8. The van der Waals surface area contributed by atoms with E-state index < -0.39 is 0 Å². The molecule has 4 heterocycles. The zero-order valence-corrected chi connectivity index (χ0v) is 31.4. The van der Waals surface area contributed by atoms with Crippen LogP contribution in [0.3, 0.4) is 0 Å². The van der Waals surface area contributed by atoms with E-state index in [1.165, 1.54) is 32.3 Å². The Morgan fingerprint density at radius 2 is 1.03 bits per heavy atom. The van der Waals surface area contributed by atoms with Gasteiger partial charge in [-0.1, -0.05) is 127 Å². The number of aromatic nitrogens is 4. The molecular weight excluding hydrogens is 725 g/mol. The molecule has 6 nitrogen and oxygen atoms in total. The Bertz CT molecular complexity index is 3860. The minimum atomic E-state index is 0.539. The van der Waals surface area contributed by atoms with Gasteiger partial charge in [-0.15, -0.1) is 0 Å². The molecule has 0 N–H and O–H groups in total. The molecule has 274 valence electrons. The largest absolute Gasteiger partial charge is 0.456 e. The number of para-hydroxylation sites is 2. The van der Waals surface area contributed by atoms with Gasteiger partial charge < -0.3 is 13.4 Å². The topological polar surface area (TPSA) is 69.9 Å². The molecule has 0 unspecified atom stereocenters. The Morgan fingerprint density at radius 3 is 1.92 bits per heavy atom. The van der Waals surface area contributed by atoms with E-state index in [1.54, 1.807) is 0 Å². The maximum atomic E-state index is 6.74. The van der Waals surface area contributed by atoms with Gasteiger partial charge in [-0.3, -0.25) is 0 Å². The fraction of sp³-hybridized carbons (Fsp3) is 0. The Balaban J connectivity index is 1.03. The van der Waals surface area contributed by atoms with Crippen LogP contribution in [-0.4, -0.2) is 19.5 Å². The van der Waals surface area contributed by atoms with Crippen molar-refractivity contribution in [1.82, 2.24) is 19.5 Å². The van der Waals surface area contributed by atoms with Gasteiger partial charge in [0.15, 0.2) is 17.5 Å². The normalized spacial score (nSPS) is 12.1. The summed E-state index contributed by atoms with van der Waals surface area (Å²) < 4.78 is 15.6. The molecule has 59 heavy (non-hydrogen) atoms. The van der Waals surface area contributed by atoms with Gasteiger partial charge in [0.05, 0.1) is 16.6 Å². The van der Waals surface area contributed by atoms with E-state index >= 15 is 0 Å². The lowest BCUT2D eigenvalue weighted by Crippen LogP contribution is -2.00. The molecule has 13 rings (SSSR count). The summed E-state index contributed by atoms with van der Waals surface area (Å²) in [7, 11) is 0. The third-order valence-electron chi connectivity index (χ3n) is 11.8. The zero-order chi connectivity index (χ0) is 38.6. The lowest BCUT2D eigenvalue weighted by Gasteiger charge is -2.10. The Hall–Kier alpha value is -8.09. The van der Waals surface area contributed by atoms with Gasteiger partial charge in [0.25, 0.3) is 0 Å². The first-order valence-corrected chi connectivity index (χ1v) is 19.8. The van der Waals surface area contributed by atoms with Crippen molar-refractivity contribution in [1.29, 1.82) is 0 Å².